The zero-order valence-corrected chi connectivity index (χ0v) is 10.2. The molecule has 2 rings (SSSR count). The van der Waals surface area contributed by atoms with Gasteiger partial charge in [-0.3, -0.25) is 4.79 Å². The van der Waals surface area contributed by atoms with Gasteiger partial charge < -0.3 is 5.73 Å². The summed E-state index contributed by atoms with van der Waals surface area (Å²) in [4.78, 5) is 12.2. The molecule has 0 spiro atoms. The van der Waals surface area contributed by atoms with Gasteiger partial charge in [0.25, 0.3) is 0 Å². The average molecular weight is 253 g/mol. The van der Waals surface area contributed by atoms with Crippen molar-refractivity contribution >= 4 is 5.78 Å². The maximum absolute atomic E-state index is 13.6. The summed E-state index contributed by atoms with van der Waals surface area (Å²) < 4.78 is 26.7. The van der Waals surface area contributed by atoms with Crippen molar-refractivity contribution in [2.75, 3.05) is 0 Å². The third-order valence-electron chi connectivity index (χ3n) is 3.62. The van der Waals surface area contributed by atoms with Crippen molar-refractivity contribution in [2.45, 2.75) is 38.1 Å². The number of halogens is 2. The molecule has 0 aliphatic heterocycles. The van der Waals surface area contributed by atoms with E-state index in [0.29, 0.717) is 6.42 Å². The topological polar surface area (TPSA) is 43.1 Å². The lowest BCUT2D eigenvalue weighted by Gasteiger charge is -2.20. The third kappa shape index (κ3) is 2.58. The molecule has 1 aliphatic rings. The molecular weight excluding hydrogens is 236 g/mol. The van der Waals surface area contributed by atoms with Crippen LogP contribution in [0.5, 0.6) is 0 Å². The fraction of sp³-hybridized carbons (Fsp3) is 0.500. The van der Waals surface area contributed by atoms with E-state index >= 15 is 0 Å². The lowest BCUT2D eigenvalue weighted by atomic mass is 9.87. The van der Waals surface area contributed by atoms with E-state index < -0.39 is 11.6 Å². The highest BCUT2D eigenvalue weighted by Gasteiger charge is 2.29. The minimum atomic E-state index is -1.06. The minimum absolute atomic E-state index is 0.169. The molecule has 1 fully saturated rings. The SMILES string of the molecule is NC1CCCCCC1C(=O)c1cccc(F)c1F. The first-order chi connectivity index (χ1) is 8.61. The Kier molecular flexibility index (Phi) is 4.07. The van der Waals surface area contributed by atoms with E-state index in [1.165, 1.54) is 12.1 Å². The van der Waals surface area contributed by atoms with Gasteiger partial charge in [-0.05, 0) is 25.0 Å². The van der Waals surface area contributed by atoms with Crippen LogP contribution in [-0.4, -0.2) is 11.8 Å². The first kappa shape index (κ1) is 13.1. The van der Waals surface area contributed by atoms with E-state index in [0.717, 1.165) is 31.7 Å². The van der Waals surface area contributed by atoms with Gasteiger partial charge in [0, 0.05) is 12.0 Å². The van der Waals surface area contributed by atoms with Crippen LogP contribution in [0.4, 0.5) is 8.78 Å². The molecule has 0 amide bonds. The average Bonchev–Trinajstić information content (AvgIpc) is 2.57. The molecule has 1 aliphatic carbocycles. The summed E-state index contributed by atoms with van der Waals surface area (Å²) in [6.07, 6.45) is 4.39. The summed E-state index contributed by atoms with van der Waals surface area (Å²) in [5, 5.41) is 0. The summed E-state index contributed by atoms with van der Waals surface area (Å²) in [6.45, 7) is 0. The minimum Gasteiger partial charge on any atom is -0.327 e. The fourth-order valence-corrected chi connectivity index (χ4v) is 2.56. The summed E-state index contributed by atoms with van der Waals surface area (Å²) in [5.41, 5.74) is 5.80. The first-order valence-corrected chi connectivity index (χ1v) is 6.35. The molecule has 2 nitrogen and oxygen atoms in total. The van der Waals surface area contributed by atoms with Crippen LogP contribution >= 0.6 is 0 Å². The van der Waals surface area contributed by atoms with Crippen LogP contribution in [0.15, 0.2) is 18.2 Å². The lowest BCUT2D eigenvalue weighted by Crippen LogP contribution is -2.35. The Morgan fingerprint density at radius 2 is 1.89 bits per heavy atom. The van der Waals surface area contributed by atoms with Gasteiger partial charge in [0.15, 0.2) is 17.4 Å². The number of hydrogen-bond donors (Lipinski definition) is 1. The van der Waals surface area contributed by atoms with E-state index in [1.54, 1.807) is 0 Å². The summed E-state index contributed by atoms with van der Waals surface area (Å²) in [7, 11) is 0. The molecule has 1 aromatic rings. The van der Waals surface area contributed by atoms with Gasteiger partial charge in [-0.25, -0.2) is 8.78 Å². The highest BCUT2D eigenvalue weighted by molar-refractivity contribution is 5.98. The second-order valence-corrected chi connectivity index (χ2v) is 4.87. The van der Waals surface area contributed by atoms with Crippen molar-refractivity contribution in [3.63, 3.8) is 0 Å². The van der Waals surface area contributed by atoms with Gasteiger partial charge in [0.2, 0.25) is 0 Å². The van der Waals surface area contributed by atoms with E-state index in [2.05, 4.69) is 0 Å². The highest BCUT2D eigenvalue weighted by Crippen LogP contribution is 2.26. The van der Waals surface area contributed by atoms with Gasteiger partial charge >= 0.3 is 0 Å². The van der Waals surface area contributed by atoms with Crippen LogP contribution in [0.1, 0.15) is 42.5 Å². The Labute approximate surface area is 105 Å². The highest BCUT2D eigenvalue weighted by atomic mass is 19.2. The molecule has 0 saturated heterocycles. The molecule has 0 radical (unpaired) electrons. The quantitative estimate of drug-likeness (QED) is 0.650. The smallest absolute Gasteiger partial charge is 0.170 e. The van der Waals surface area contributed by atoms with Gasteiger partial charge in [-0.15, -0.1) is 0 Å². The van der Waals surface area contributed by atoms with Crippen molar-refractivity contribution in [1.29, 1.82) is 0 Å². The fourth-order valence-electron chi connectivity index (χ4n) is 2.56. The molecule has 98 valence electrons. The second kappa shape index (κ2) is 5.57. The standard InChI is InChI=1S/C14H17F2NO/c15-11-7-4-6-10(13(11)16)14(18)9-5-2-1-3-8-12(9)17/h4,6-7,9,12H,1-3,5,8,17H2. The van der Waals surface area contributed by atoms with Crippen LogP contribution in [-0.2, 0) is 0 Å². The molecule has 0 bridgehead atoms. The van der Waals surface area contributed by atoms with Crippen molar-refractivity contribution in [1.82, 2.24) is 0 Å². The van der Waals surface area contributed by atoms with Crippen molar-refractivity contribution in [3.8, 4) is 0 Å². The number of nitrogens with two attached hydrogens (primary N) is 1. The number of carbonyl (C=O) groups is 1. The van der Waals surface area contributed by atoms with Crippen LogP contribution in [0.25, 0.3) is 0 Å². The molecule has 1 saturated carbocycles. The van der Waals surface area contributed by atoms with E-state index in [-0.39, 0.29) is 23.3 Å². The monoisotopic (exact) mass is 253 g/mol. The van der Waals surface area contributed by atoms with Crippen LogP contribution in [0, 0.1) is 17.6 Å². The summed E-state index contributed by atoms with van der Waals surface area (Å²) >= 11 is 0. The molecule has 4 heteroatoms. The lowest BCUT2D eigenvalue weighted by molar-refractivity contribution is 0.0889. The maximum atomic E-state index is 13.6. The predicted octanol–water partition coefficient (Wildman–Crippen LogP) is 3.06. The third-order valence-corrected chi connectivity index (χ3v) is 3.62. The van der Waals surface area contributed by atoms with Gasteiger partial charge in [0.05, 0.1) is 5.56 Å². The predicted molar refractivity (Wildman–Crippen MR) is 65.2 cm³/mol. The largest absolute Gasteiger partial charge is 0.327 e. The number of carbonyl (C=O) groups excluding carboxylic acids is 1. The number of rotatable bonds is 2. The molecule has 0 heterocycles. The normalized spacial score (nSPS) is 24.6. The second-order valence-electron chi connectivity index (χ2n) is 4.87. The van der Waals surface area contributed by atoms with Crippen molar-refractivity contribution in [3.05, 3.63) is 35.4 Å². The maximum Gasteiger partial charge on any atom is 0.170 e. The van der Waals surface area contributed by atoms with Gasteiger partial charge in [0.1, 0.15) is 0 Å². The Bertz CT molecular complexity index is 447. The van der Waals surface area contributed by atoms with Crippen molar-refractivity contribution in [2.24, 2.45) is 11.7 Å². The Hall–Kier alpha value is -1.29. The molecule has 2 N–H and O–H groups in total. The summed E-state index contributed by atoms with van der Waals surface area (Å²) in [5.74, 6) is -2.79. The zero-order valence-electron chi connectivity index (χ0n) is 10.2. The zero-order chi connectivity index (χ0) is 13.1. The first-order valence-electron chi connectivity index (χ1n) is 6.35. The Morgan fingerprint density at radius 1 is 1.17 bits per heavy atom. The van der Waals surface area contributed by atoms with Crippen molar-refractivity contribution < 1.29 is 13.6 Å². The van der Waals surface area contributed by atoms with Crippen LogP contribution in [0.2, 0.25) is 0 Å². The molecule has 0 aromatic heterocycles. The number of hydrogen-bond acceptors (Lipinski definition) is 2. The van der Waals surface area contributed by atoms with Gasteiger partial charge in [-0.1, -0.05) is 25.3 Å². The van der Waals surface area contributed by atoms with E-state index in [1.807, 2.05) is 0 Å². The number of ketones is 1. The van der Waals surface area contributed by atoms with Crippen LogP contribution in [0.3, 0.4) is 0 Å². The molecule has 2 unspecified atom stereocenters. The Balaban J connectivity index is 2.26. The summed E-state index contributed by atoms with van der Waals surface area (Å²) in [6, 6.07) is 3.45. The molecule has 18 heavy (non-hydrogen) atoms. The Morgan fingerprint density at radius 3 is 2.67 bits per heavy atom. The number of benzene rings is 1. The van der Waals surface area contributed by atoms with Crippen LogP contribution < -0.4 is 5.73 Å². The molecule has 1 aromatic carbocycles. The van der Waals surface area contributed by atoms with E-state index in [4.69, 9.17) is 5.73 Å². The molecular formula is C14H17F2NO. The molecule has 2 atom stereocenters. The number of Topliss-reactive ketones (excluding diaryl/α,β-unsaturated/α-hetero) is 1. The van der Waals surface area contributed by atoms with E-state index in [9.17, 15) is 13.6 Å². The van der Waals surface area contributed by atoms with Gasteiger partial charge in [-0.2, -0.15) is 0 Å².